The Balaban J connectivity index is 0.00000288. The minimum absolute atomic E-state index is 0. The van der Waals surface area contributed by atoms with Crippen molar-refractivity contribution in [3.05, 3.63) is 20.8 Å². The van der Waals surface area contributed by atoms with Crippen LogP contribution >= 0.6 is 51.2 Å². The van der Waals surface area contributed by atoms with Gasteiger partial charge >= 0.3 is 0 Å². The maximum Gasteiger partial charge on any atom is 0.194 e. The molecule has 1 unspecified atom stereocenters. The van der Waals surface area contributed by atoms with Gasteiger partial charge in [-0.05, 0) is 41.4 Å². The summed E-state index contributed by atoms with van der Waals surface area (Å²) < 4.78 is 11.8. The monoisotopic (exact) mass is 531 g/mol. The average Bonchev–Trinajstić information content (AvgIpc) is 3.17. The number of nitrogens with one attached hydrogen (secondary N) is 1. The van der Waals surface area contributed by atoms with Gasteiger partial charge in [-0.2, -0.15) is 0 Å². The Morgan fingerprint density at radius 2 is 2.29 bits per heavy atom. The van der Waals surface area contributed by atoms with Crippen LogP contribution in [0.15, 0.2) is 20.9 Å². The van der Waals surface area contributed by atoms with E-state index in [1.165, 1.54) is 4.88 Å². The van der Waals surface area contributed by atoms with Crippen LogP contribution in [0.1, 0.15) is 18.2 Å². The molecule has 138 valence electrons. The number of halogens is 2. The Labute approximate surface area is 174 Å². The van der Waals surface area contributed by atoms with Gasteiger partial charge in [-0.25, -0.2) is 4.99 Å². The van der Waals surface area contributed by atoms with Crippen LogP contribution in [-0.4, -0.2) is 57.4 Å². The summed E-state index contributed by atoms with van der Waals surface area (Å²) >= 11 is 5.24. The van der Waals surface area contributed by atoms with Crippen LogP contribution in [0.5, 0.6) is 0 Å². The average molecular weight is 532 g/mol. The molecule has 0 radical (unpaired) electrons. The molecule has 0 saturated carbocycles. The molecule has 1 fully saturated rings. The van der Waals surface area contributed by atoms with E-state index in [-0.39, 0.29) is 24.0 Å². The first-order chi connectivity index (χ1) is 11.2. The van der Waals surface area contributed by atoms with Crippen molar-refractivity contribution in [3.63, 3.8) is 0 Å². The lowest BCUT2D eigenvalue weighted by Gasteiger charge is -2.21. The predicted molar refractivity (Wildman–Crippen MR) is 115 cm³/mol. The third kappa shape index (κ3) is 7.55. The predicted octanol–water partition coefficient (Wildman–Crippen LogP) is 3.58. The van der Waals surface area contributed by atoms with E-state index in [9.17, 15) is 0 Å². The lowest BCUT2D eigenvalue weighted by atomic mass is 10.1. The van der Waals surface area contributed by atoms with E-state index in [1.807, 2.05) is 0 Å². The lowest BCUT2D eigenvalue weighted by molar-refractivity contribution is 0.0536. The van der Waals surface area contributed by atoms with E-state index >= 15 is 0 Å². The summed E-state index contributed by atoms with van der Waals surface area (Å²) in [6, 6.07) is 4.20. The first-order valence-electron chi connectivity index (χ1n) is 8.07. The summed E-state index contributed by atoms with van der Waals surface area (Å²) in [6.07, 6.45) is 1.15. The number of hydrogen-bond acceptors (Lipinski definition) is 4. The van der Waals surface area contributed by atoms with Crippen molar-refractivity contribution in [2.75, 3.05) is 46.6 Å². The van der Waals surface area contributed by atoms with E-state index in [2.05, 4.69) is 45.2 Å². The highest BCUT2D eigenvalue weighted by Crippen LogP contribution is 2.23. The highest BCUT2D eigenvalue weighted by molar-refractivity contribution is 14.0. The molecule has 0 aliphatic carbocycles. The number of methoxy groups -OCH3 is 1. The molecule has 8 heteroatoms. The molecule has 0 spiro atoms. The van der Waals surface area contributed by atoms with Crippen molar-refractivity contribution < 1.29 is 9.47 Å². The molecule has 1 aromatic rings. The molecular formula is C16H27BrIN3O2S. The van der Waals surface area contributed by atoms with Crippen molar-refractivity contribution in [2.24, 2.45) is 10.9 Å². The Morgan fingerprint density at radius 3 is 2.96 bits per heavy atom. The van der Waals surface area contributed by atoms with E-state index in [1.54, 1.807) is 18.4 Å². The third-order valence-corrected chi connectivity index (χ3v) is 5.33. The zero-order valence-electron chi connectivity index (χ0n) is 14.3. The fourth-order valence-corrected chi connectivity index (χ4v) is 3.98. The Kier molecular flexibility index (Phi) is 11.5. The van der Waals surface area contributed by atoms with Gasteiger partial charge in [-0.15, -0.1) is 35.3 Å². The smallest absolute Gasteiger partial charge is 0.194 e. The summed E-state index contributed by atoms with van der Waals surface area (Å²) in [6.45, 7) is 7.91. The van der Waals surface area contributed by atoms with Gasteiger partial charge in [0.05, 0.1) is 30.2 Å². The second kappa shape index (κ2) is 12.5. The van der Waals surface area contributed by atoms with Gasteiger partial charge in [0.2, 0.25) is 0 Å². The molecule has 5 nitrogen and oxygen atoms in total. The second-order valence-electron chi connectivity index (χ2n) is 5.54. The Hall–Kier alpha value is 0.1000. The molecule has 0 bridgehead atoms. The molecule has 1 aliphatic rings. The van der Waals surface area contributed by atoms with Crippen molar-refractivity contribution >= 4 is 57.2 Å². The quantitative estimate of drug-likeness (QED) is 0.241. The number of rotatable bonds is 8. The van der Waals surface area contributed by atoms with E-state index in [0.717, 1.165) is 49.0 Å². The van der Waals surface area contributed by atoms with Crippen LogP contribution in [0.3, 0.4) is 0 Å². The topological polar surface area (TPSA) is 46.1 Å². The van der Waals surface area contributed by atoms with Gasteiger partial charge in [0.1, 0.15) is 0 Å². The fourth-order valence-electron chi connectivity index (χ4n) is 2.57. The minimum Gasteiger partial charge on any atom is -0.382 e. The minimum atomic E-state index is 0. The summed E-state index contributed by atoms with van der Waals surface area (Å²) in [5.74, 6) is 1.59. The molecule has 1 aliphatic heterocycles. The molecular weight excluding hydrogens is 505 g/mol. The fraction of sp³-hybridized carbons (Fsp3) is 0.688. The molecule has 2 rings (SSSR count). The van der Waals surface area contributed by atoms with Crippen molar-refractivity contribution in [1.82, 2.24) is 10.2 Å². The van der Waals surface area contributed by atoms with Gasteiger partial charge in [-0.1, -0.05) is 0 Å². The van der Waals surface area contributed by atoms with Crippen LogP contribution in [0.25, 0.3) is 0 Å². The first-order valence-corrected chi connectivity index (χ1v) is 9.68. The highest BCUT2D eigenvalue weighted by Gasteiger charge is 2.24. The van der Waals surface area contributed by atoms with Crippen molar-refractivity contribution in [2.45, 2.75) is 19.9 Å². The summed E-state index contributed by atoms with van der Waals surface area (Å²) in [5, 5.41) is 3.41. The highest BCUT2D eigenvalue weighted by atomic mass is 127. The number of hydrogen-bond donors (Lipinski definition) is 1. The maximum atomic E-state index is 5.66. The van der Waals surface area contributed by atoms with E-state index in [0.29, 0.717) is 19.1 Å². The SMILES string of the molecule is CCNC(=NCc1ccc(Br)s1)N1CCC(COCCOC)C1.I. The largest absolute Gasteiger partial charge is 0.382 e. The second-order valence-corrected chi connectivity index (χ2v) is 8.09. The number of nitrogens with zero attached hydrogens (tertiary/aromatic N) is 2. The molecule has 1 N–H and O–H groups in total. The first kappa shape index (κ1) is 22.1. The molecule has 0 amide bonds. The zero-order chi connectivity index (χ0) is 16.5. The molecule has 24 heavy (non-hydrogen) atoms. The number of ether oxygens (including phenoxy) is 2. The van der Waals surface area contributed by atoms with Gasteiger partial charge in [0.15, 0.2) is 5.96 Å². The van der Waals surface area contributed by atoms with Crippen LogP contribution in [0, 0.1) is 5.92 Å². The van der Waals surface area contributed by atoms with Crippen LogP contribution in [0.4, 0.5) is 0 Å². The zero-order valence-corrected chi connectivity index (χ0v) is 19.0. The molecule has 1 atom stereocenters. The van der Waals surface area contributed by atoms with Crippen molar-refractivity contribution in [1.29, 1.82) is 0 Å². The maximum absolute atomic E-state index is 5.66. The number of guanidine groups is 1. The van der Waals surface area contributed by atoms with Gasteiger partial charge in [0.25, 0.3) is 0 Å². The molecule has 1 aromatic heterocycles. The number of aliphatic imine (C=N–C) groups is 1. The Morgan fingerprint density at radius 1 is 1.46 bits per heavy atom. The van der Waals surface area contributed by atoms with Gasteiger partial charge in [0, 0.05) is 37.5 Å². The normalized spacial score (nSPS) is 17.9. The van der Waals surface area contributed by atoms with Crippen LogP contribution < -0.4 is 5.32 Å². The summed E-state index contributed by atoms with van der Waals surface area (Å²) in [4.78, 5) is 8.40. The molecule has 1 saturated heterocycles. The summed E-state index contributed by atoms with van der Waals surface area (Å²) in [7, 11) is 1.70. The van der Waals surface area contributed by atoms with E-state index < -0.39 is 0 Å². The summed E-state index contributed by atoms with van der Waals surface area (Å²) in [5.41, 5.74) is 0. The number of thiophene rings is 1. The Bertz CT molecular complexity index is 501. The van der Waals surface area contributed by atoms with Crippen LogP contribution in [0.2, 0.25) is 0 Å². The van der Waals surface area contributed by atoms with Crippen molar-refractivity contribution in [3.8, 4) is 0 Å². The van der Waals surface area contributed by atoms with Crippen LogP contribution in [-0.2, 0) is 16.0 Å². The number of likely N-dealkylation sites (tertiary alicyclic amines) is 1. The third-order valence-electron chi connectivity index (χ3n) is 3.72. The standard InChI is InChI=1S/C16H26BrN3O2S.HI/c1-3-18-16(19-10-14-4-5-15(17)23-14)20-7-6-13(11-20)12-22-9-8-21-2;/h4-5,13H,3,6-12H2,1-2H3,(H,18,19);1H. The van der Waals surface area contributed by atoms with E-state index in [4.69, 9.17) is 14.5 Å². The molecule has 2 heterocycles. The van der Waals surface area contributed by atoms with Gasteiger partial charge < -0.3 is 19.7 Å². The lowest BCUT2D eigenvalue weighted by Crippen LogP contribution is -2.40. The molecule has 0 aromatic carbocycles. The van der Waals surface area contributed by atoms with Gasteiger partial charge in [-0.3, -0.25) is 0 Å².